The molecular weight excluding hydrogens is 375 g/mol. The summed E-state index contributed by atoms with van der Waals surface area (Å²) >= 11 is 0. The Hall–Kier alpha value is -2.22. The zero-order valence-electron chi connectivity index (χ0n) is 16.0. The van der Waals surface area contributed by atoms with Crippen LogP contribution in [0.15, 0.2) is 60.1 Å². The summed E-state index contributed by atoms with van der Waals surface area (Å²) in [6.07, 6.45) is 2.11. The first-order valence-electron chi connectivity index (χ1n) is 7.21. The van der Waals surface area contributed by atoms with Gasteiger partial charge in [0.15, 0.2) is 0 Å². The third kappa shape index (κ3) is 24.0. The smallest absolute Gasteiger partial charge is 2.00 e. The second kappa shape index (κ2) is 19.1. The van der Waals surface area contributed by atoms with E-state index in [0.717, 1.165) is 12.2 Å². The van der Waals surface area contributed by atoms with Gasteiger partial charge in [-0.15, -0.1) is 11.5 Å². The van der Waals surface area contributed by atoms with E-state index < -0.39 is 0 Å². The number of nitrogens with zero attached hydrogens (tertiary/aromatic N) is 2. The molecule has 0 saturated heterocycles. The van der Waals surface area contributed by atoms with Crippen molar-refractivity contribution in [2.24, 2.45) is 0 Å². The number of amides is 2. The Bertz CT molecular complexity index is 475. The zero-order valence-corrected chi connectivity index (χ0v) is 17.4. The Morgan fingerprint density at radius 1 is 0.692 bits per heavy atom. The summed E-state index contributed by atoms with van der Waals surface area (Å²) in [5, 5.41) is 20.5. The van der Waals surface area contributed by atoms with Crippen molar-refractivity contribution in [2.45, 2.75) is 13.8 Å². The van der Waals surface area contributed by atoms with Crippen molar-refractivity contribution >= 4 is 11.8 Å². The Balaban J connectivity index is -0.000000137. The third-order valence-corrected chi connectivity index (χ3v) is 2.20. The van der Waals surface area contributed by atoms with Crippen LogP contribution >= 0.6 is 0 Å². The van der Waals surface area contributed by atoms with Crippen molar-refractivity contribution in [3.05, 3.63) is 60.1 Å². The summed E-state index contributed by atoms with van der Waals surface area (Å²) in [5.74, 6) is -0.951. The summed E-state index contributed by atoms with van der Waals surface area (Å²) in [6, 6.07) is 12.0. The molecule has 0 bridgehead atoms. The van der Waals surface area contributed by atoms with Gasteiger partial charge in [-0.25, -0.2) is 0 Å². The fourth-order valence-corrected chi connectivity index (χ4v) is 0.991. The molecule has 0 aliphatic heterocycles. The Kier molecular flexibility index (Phi) is 23.2. The second-order valence-corrected chi connectivity index (χ2v) is 5.13. The average molecular weight is 401 g/mol. The van der Waals surface area contributed by atoms with Crippen LogP contribution in [0.1, 0.15) is 13.8 Å². The molecule has 1 rings (SSSR count). The molecule has 0 atom stereocenters. The van der Waals surface area contributed by atoms with Crippen molar-refractivity contribution < 1.29 is 43.8 Å². The molecule has 0 aromatic heterocycles. The molecule has 7 nitrogen and oxygen atoms in total. The van der Waals surface area contributed by atoms with Gasteiger partial charge in [0.25, 0.3) is 0 Å². The van der Waals surface area contributed by atoms with E-state index >= 15 is 0 Å². The van der Waals surface area contributed by atoms with Crippen LogP contribution in [0.5, 0.6) is 0 Å². The quantitative estimate of drug-likeness (QED) is 0.522. The van der Waals surface area contributed by atoms with Crippen molar-refractivity contribution in [3.8, 4) is 0 Å². The van der Waals surface area contributed by atoms with Gasteiger partial charge in [0, 0.05) is 28.2 Å². The molecule has 0 N–H and O–H groups in total. The molecule has 0 aliphatic carbocycles. The number of allylic oxidation sites excluding steroid dienone is 2. The fraction of sp³-hybridized carbons (Fsp3) is 0.333. The van der Waals surface area contributed by atoms with Gasteiger partial charge >= 0.3 is 18.6 Å². The molecule has 8 heteroatoms. The Labute approximate surface area is 167 Å². The molecule has 1 radical (unpaired) electrons. The normalized spacial score (nSPS) is 9.62. The number of hydrogen-bond donors (Lipinski definition) is 0. The van der Waals surface area contributed by atoms with Gasteiger partial charge in [-0.3, -0.25) is 9.59 Å². The summed E-state index contributed by atoms with van der Waals surface area (Å²) < 4.78 is 0. The van der Waals surface area contributed by atoms with Gasteiger partial charge < -0.3 is 25.5 Å². The largest absolute Gasteiger partial charge is 4.00 e. The van der Waals surface area contributed by atoms with Gasteiger partial charge in [0.05, 0.1) is 0 Å². The van der Waals surface area contributed by atoms with Crippen molar-refractivity contribution in [1.29, 1.82) is 0 Å². The van der Waals surface area contributed by atoms with E-state index in [2.05, 4.69) is 0 Å². The van der Waals surface area contributed by atoms with Crippen molar-refractivity contribution in [1.82, 2.24) is 9.80 Å². The van der Waals surface area contributed by atoms with Crippen LogP contribution in [-0.4, -0.2) is 49.8 Å². The van der Waals surface area contributed by atoms with E-state index in [1.54, 1.807) is 28.2 Å². The minimum atomic E-state index is -0.262. The van der Waals surface area contributed by atoms with E-state index in [9.17, 15) is 19.8 Å². The number of carbonyl (C=O) groups excluding carboxylic acids is 2. The first-order chi connectivity index (χ1) is 11.1. The summed E-state index contributed by atoms with van der Waals surface area (Å²) in [7, 11) is 6.40. The maximum atomic E-state index is 10.6. The summed E-state index contributed by atoms with van der Waals surface area (Å²) in [6.45, 7) is 2.70. The van der Waals surface area contributed by atoms with E-state index in [0.29, 0.717) is 0 Å². The van der Waals surface area contributed by atoms with Crippen LogP contribution in [-0.2, 0) is 33.6 Å². The predicted molar refractivity (Wildman–Crippen MR) is 92.0 cm³/mol. The van der Waals surface area contributed by atoms with Gasteiger partial charge in [0.2, 0.25) is 11.8 Å². The van der Waals surface area contributed by atoms with Crippen LogP contribution < -0.4 is 10.2 Å². The van der Waals surface area contributed by atoms with E-state index in [1.165, 1.54) is 23.6 Å². The number of likely N-dealkylation sites (N-methyl/N-ethyl adjacent to an activating group) is 2. The van der Waals surface area contributed by atoms with Gasteiger partial charge in [-0.2, -0.15) is 0 Å². The van der Waals surface area contributed by atoms with Crippen LogP contribution in [0.4, 0.5) is 0 Å². The maximum absolute atomic E-state index is 10.6. The summed E-state index contributed by atoms with van der Waals surface area (Å²) in [4.78, 5) is 23.9. The molecule has 0 unspecified atom stereocenters. The van der Waals surface area contributed by atoms with Crippen LogP contribution in [0.25, 0.3) is 0 Å². The first kappa shape index (κ1) is 31.5. The van der Waals surface area contributed by atoms with Crippen molar-refractivity contribution in [3.63, 3.8) is 0 Å². The maximum Gasteiger partial charge on any atom is 4.00 e. The third-order valence-electron chi connectivity index (χ3n) is 2.20. The molecular formula is C18H26N2O5V. The molecule has 143 valence electrons. The molecule has 0 spiro atoms. The number of carbonyl (C=O) groups is 2. The minimum absolute atomic E-state index is 0. The molecule has 1 aromatic rings. The standard InChI is InChI=1S/2C6H11NO2.C6H6.O.V/c2*1-5(8)4-6(9)7(2)3;1-2-4-6-5-3-1;;/h2*4,8H,1-3H3;1-6H;;/q;;;-2;+4/p-2/b2*5-4-;;;. The van der Waals surface area contributed by atoms with Gasteiger partial charge in [-0.1, -0.05) is 50.2 Å². The minimum Gasteiger partial charge on any atom is -2.00 e. The molecule has 0 aliphatic rings. The van der Waals surface area contributed by atoms with Crippen LogP contribution in [0.3, 0.4) is 0 Å². The second-order valence-electron chi connectivity index (χ2n) is 5.13. The van der Waals surface area contributed by atoms with Crippen LogP contribution in [0, 0.1) is 0 Å². The predicted octanol–water partition coefficient (Wildman–Crippen LogP) is 0.243. The number of rotatable bonds is 2. The topological polar surface area (TPSA) is 115 Å². The van der Waals surface area contributed by atoms with Crippen LogP contribution in [0.2, 0.25) is 0 Å². The van der Waals surface area contributed by atoms with Crippen molar-refractivity contribution in [2.75, 3.05) is 28.2 Å². The molecule has 0 heterocycles. The Morgan fingerprint density at radius 3 is 0.962 bits per heavy atom. The van der Waals surface area contributed by atoms with Gasteiger partial charge in [-0.05, 0) is 12.2 Å². The fourth-order valence-electron chi connectivity index (χ4n) is 0.991. The molecule has 26 heavy (non-hydrogen) atoms. The van der Waals surface area contributed by atoms with Gasteiger partial charge in [0.1, 0.15) is 0 Å². The summed E-state index contributed by atoms with van der Waals surface area (Å²) in [5.41, 5.74) is 0. The molecule has 0 fully saturated rings. The first-order valence-corrected chi connectivity index (χ1v) is 7.21. The SMILES string of the molecule is C/C([O-])=C/C(=O)N(C)C.C/C([O-])=C/C(=O)N(C)C.[O-2].[V+4].c1ccccc1. The molecule has 1 aromatic carbocycles. The van der Waals surface area contributed by atoms with E-state index in [-0.39, 0.29) is 47.4 Å². The Morgan fingerprint density at radius 2 is 0.885 bits per heavy atom. The average Bonchev–Trinajstić information content (AvgIpc) is 2.48. The van der Waals surface area contributed by atoms with E-state index in [1.807, 2.05) is 36.4 Å². The number of benzene rings is 1. The molecule has 2 amide bonds. The zero-order chi connectivity index (χ0) is 19.1. The molecule has 0 saturated carbocycles. The number of hydrogen-bond acceptors (Lipinski definition) is 4. The monoisotopic (exact) mass is 401 g/mol. The van der Waals surface area contributed by atoms with E-state index in [4.69, 9.17) is 0 Å².